The smallest absolute Gasteiger partial charge is 0.257 e. The van der Waals surface area contributed by atoms with Crippen LogP contribution in [0.4, 0.5) is 11.4 Å². The number of carbonyl (C=O) groups is 1. The van der Waals surface area contributed by atoms with Crippen LogP contribution >= 0.6 is 39.1 Å². The summed E-state index contributed by atoms with van der Waals surface area (Å²) in [5.41, 5.74) is 7.09. The van der Waals surface area contributed by atoms with Crippen molar-refractivity contribution in [1.29, 1.82) is 0 Å². The zero-order valence-electron chi connectivity index (χ0n) is 9.58. The fourth-order valence-electron chi connectivity index (χ4n) is 1.56. The van der Waals surface area contributed by atoms with Gasteiger partial charge >= 0.3 is 0 Å². The first-order chi connectivity index (χ1) is 8.95. The molecule has 3 nitrogen and oxygen atoms in total. The summed E-state index contributed by atoms with van der Waals surface area (Å²) in [4.78, 5) is 12.1. The second-order valence-corrected chi connectivity index (χ2v) is 5.63. The lowest BCUT2D eigenvalue weighted by Gasteiger charge is -2.08. The molecular weight excluding hydrogens is 351 g/mol. The highest BCUT2D eigenvalue weighted by molar-refractivity contribution is 9.10. The molecule has 2 rings (SSSR count). The summed E-state index contributed by atoms with van der Waals surface area (Å²) in [6, 6.07) is 9.87. The molecule has 98 valence electrons. The molecule has 1 amide bonds. The summed E-state index contributed by atoms with van der Waals surface area (Å²) in [6.07, 6.45) is 0. The maximum absolute atomic E-state index is 12.1. The first kappa shape index (κ1) is 14.2. The number of benzene rings is 2. The Labute approximate surface area is 128 Å². The molecule has 19 heavy (non-hydrogen) atoms. The lowest BCUT2D eigenvalue weighted by molar-refractivity contribution is 0.102. The molecule has 0 unspecified atom stereocenters. The molecule has 0 aliphatic carbocycles. The predicted molar refractivity (Wildman–Crippen MR) is 83.0 cm³/mol. The third-order valence-electron chi connectivity index (χ3n) is 2.38. The molecule has 0 aliphatic rings. The van der Waals surface area contributed by atoms with Gasteiger partial charge in [0.05, 0.1) is 5.56 Å². The summed E-state index contributed by atoms with van der Waals surface area (Å²) in [5, 5.41) is 3.60. The fraction of sp³-hybridized carbons (Fsp3) is 0. The summed E-state index contributed by atoms with van der Waals surface area (Å²) in [6.45, 7) is 0. The van der Waals surface area contributed by atoms with Crippen LogP contribution in [0.2, 0.25) is 10.0 Å². The number of nitrogen functional groups attached to an aromatic ring is 1. The zero-order valence-corrected chi connectivity index (χ0v) is 12.7. The maximum atomic E-state index is 12.1. The minimum Gasteiger partial charge on any atom is -0.398 e. The van der Waals surface area contributed by atoms with E-state index in [0.717, 1.165) is 4.47 Å². The van der Waals surface area contributed by atoms with E-state index in [9.17, 15) is 4.79 Å². The Bertz CT molecular complexity index is 626. The van der Waals surface area contributed by atoms with E-state index in [1.54, 1.807) is 36.4 Å². The van der Waals surface area contributed by atoms with Gasteiger partial charge in [0.15, 0.2) is 0 Å². The van der Waals surface area contributed by atoms with Gasteiger partial charge in [-0.3, -0.25) is 4.79 Å². The number of nitrogens with one attached hydrogen (secondary N) is 1. The predicted octanol–water partition coefficient (Wildman–Crippen LogP) is 4.59. The van der Waals surface area contributed by atoms with E-state index in [4.69, 9.17) is 28.9 Å². The number of anilines is 2. The van der Waals surface area contributed by atoms with E-state index in [-0.39, 0.29) is 5.91 Å². The Morgan fingerprint density at radius 1 is 1.11 bits per heavy atom. The first-order valence-electron chi connectivity index (χ1n) is 5.28. The van der Waals surface area contributed by atoms with Crippen LogP contribution in [0.5, 0.6) is 0 Å². The van der Waals surface area contributed by atoms with Crippen LogP contribution in [0, 0.1) is 0 Å². The summed E-state index contributed by atoms with van der Waals surface area (Å²) in [7, 11) is 0. The van der Waals surface area contributed by atoms with Crippen molar-refractivity contribution in [1.82, 2.24) is 0 Å². The van der Waals surface area contributed by atoms with Gasteiger partial charge in [-0.05, 0) is 36.4 Å². The monoisotopic (exact) mass is 358 g/mol. The Hall–Kier alpha value is -1.23. The van der Waals surface area contributed by atoms with E-state index in [1.807, 2.05) is 0 Å². The van der Waals surface area contributed by atoms with Gasteiger partial charge in [0.25, 0.3) is 5.91 Å². The van der Waals surface area contributed by atoms with E-state index in [2.05, 4.69) is 21.2 Å². The second-order valence-electron chi connectivity index (χ2n) is 3.84. The molecule has 0 atom stereocenters. The molecular formula is C13H9BrCl2N2O. The van der Waals surface area contributed by atoms with Gasteiger partial charge in [0, 0.05) is 25.9 Å². The molecule has 0 saturated heterocycles. The van der Waals surface area contributed by atoms with Crippen LogP contribution < -0.4 is 11.1 Å². The SMILES string of the molecule is Nc1cc(Br)ccc1C(=O)Nc1cc(Cl)cc(Cl)c1. The van der Waals surface area contributed by atoms with Crippen molar-refractivity contribution in [3.63, 3.8) is 0 Å². The Morgan fingerprint density at radius 2 is 1.74 bits per heavy atom. The van der Waals surface area contributed by atoms with Crippen molar-refractivity contribution in [3.8, 4) is 0 Å². The molecule has 0 aromatic heterocycles. The number of carbonyl (C=O) groups excluding carboxylic acids is 1. The van der Waals surface area contributed by atoms with Gasteiger partial charge in [0.2, 0.25) is 0 Å². The number of hydrogen-bond donors (Lipinski definition) is 2. The van der Waals surface area contributed by atoms with Gasteiger partial charge in [-0.15, -0.1) is 0 Å². The van der Waals surface area contributed by atoms with Crippen LogP contribution in [0.15, 0.2) is 40.9 Å². The summed E-state index contributed by atoms with van der Waals surface area (Å²) < 4.78 is 0.812. The third kappa shape index (κ3) is 3.62. The molecule has 0 aliphatic heterocycles. The number of halogens is 3. The highest BCUT2D eigenvalue weighted by Crippen LogP contribution is 2.24. The molecule has 0 fully saturated rings. The standard InChI is InChI=1S/C13H9BrCl2N2O/c14-7-1-2-11(12(17)3-7)13(19)18-10-5-8(15)4-9(16)6-10/h1-6H,17H2,(H,18,19). The largest absolute Gasteiger partial charge is 0.398 e. The quantitative estimate of drug-likeness (QED) is 0.770. The van der Waals surface area contributed by atoms with Gasteiger partial charge < -0.3 is 11.1 Å². The lowest BCUT2D eigenvalue weighted by Crippen LogP contribution is -2.14. The molecule has 0 radical (unpaired) electrons. The van der Waals surface area contributed by atoms with Gasteiger partial charge in [-0.2, -0.15) is 0 Å². The molecule has 2 aromatic carbocycles. The van der Waals surface area contributed by atoms with Crippen LogP contribution in [0.25, 0.3) is 0 Å². The van der Waals surface area contributed by atoms with Gasteiger partial charge in [-0.25, -0.2) is 0 Å². The Balaban J connectivity index is 2.25. The average molecular weight is 360 g/mol. The second kappa shape index (κ2) is 5.82. The van der Waals surface area contributed by atoms with Crippen molar-refractivity contribution in [2.45, 2.75) is 0 Å². The minimum absolute atomic E-state index is 0.316. The topological polar surface area (TPSA) is 55.1 Å². The lowest BCUT2D eigenvalue weighted by atomic mass is 10.1. The van der Waals surface area contributed by atoms with Crippen molar-refractivity contribution < 1.29 is 4.79 Å². The number of amides is 1. The summed E-state index contributed by atoms with van der Waals surface area (Å²) in [5.74, 6) is -0.316. The van der Waals surface area contributed by atoms with Gasteiger partial charge in [-0.1, -0.05) is 39.1 Å². The van der Waals surface area contributed by atoms with Crippen molar-refractivity contribution >= 4 is 56.4 Å². The van der Waals surface area contributed by atoms with Crippen molar-refractivity contribution in [3.05, 3.63) is 56.5 Å². The average Bonchev–Trinajstić information content (AvgIpc) is 2.26. The Morgan fingerprint density at radius 3 is 2.32 bits per heavy atom. The van der Waals surface area contributed by atoms with Crippen LogP contribution in [-0.4, -0.2) is 5.91 Å². The number of nitrogens with two attached hydrogens (primary N) is 1. The fourth-order valence-corrected chi connectivity index (χ4v) is 2.47. The summed E-state index contributed by atoms with van der Waals surface area (Å²) >= 11 is 15.0. The molecule has 0 bridgehead atoms. The van der Waals surface area contributed by atoms with Crippen LogP contribution in [0.3, 0.4) is 0 Å². The third-order valence-corrected chi connectivity index (χ3v) is 3.31. The molecule has 0 spiro atoms. The molecule has 2 aromatic rings. The number of hydrogen-bond acceptors (Lipinski definition) is 2. The molecule has 0 heterocycles. The van der Waals surface area contributed by atoms with E-state index >= 15 is 0 Å². The molecule has 6 heteroatoms. The van der Waals surface area contributed by atoms with Crippen molar-refractivity contribution in [2.75, 3.05) is 11.1 Å². The molecule has 3 N–H and O–H groups in total. The van der Waals surface area contributed by atoms with Gasteiger partial charge in [0.1, 0.15) is 0 Å². The van der Waals surface area contributed by atoms with E-state index < -0.39 is 0 Å². The maximum Gasteiger partial charge on any atom is 0.257 e. The minimum atomic E-state index is -0.316. The van der Waals surface area contributed by atoms with Crippen LogP contribution in [-0.2, 0) is 0 Å². The van der Waals surface area contributed by atoms with Crippen molar-refractivity contribution in [2.24, 2.45) is 0 Å². The first-order valence-corrected chi connectivity index (χ1v) is 6.83. The number of rotatable bonds is 2. The highest BCUT2D eigenvalue weighted by atomic mass is 79.9. The van der Waals surface area contributed by atoms with E-state index in [1.165, 1.54) is 0 Å². The zero-order chi connectivity index (χ0) is 14.0. The molecule has 0 saturated carbocycles. The Kier molecular flexibility index (Phi) is 4.34. The van der Waals surface area contributed by atoms with Crippen LogP contribution in [0.1, 0.15) is 10.4 Å². The highest BCUT2D eigenvalue weighted by Gasteiger charge is 2.10. The van der Waals surface area contributed by atoms with E-state index in [0.29, 0.717) is 27.0 Å². The normalized spacial score (nSPS) is 10.3.